The largest absolute Gasteiger partial charge is 0.478 e. The van der Waals surface area contributed by atoms with Gasteiger partial charge in [-0.05, 0) is 37.0 Å². The van der Waals surface area contributed by atoms with Crippen molar-refractivity contribution in [2.45, 2.75) is 32.2 Å². The minimum atomic E-state index is 0.0989. The number of aromatic nitrogens is 3. The van der Waals surface area contributed by atoms with Crippen molar-refractivity contribution in [3.63, 3.8) is 0 Å². The Hall–Kier alpha value is -2.70. The van der Waals surface area contributed by atoms with Crippen LogP contribution in [-0.4, -0.2) is 52.5 Å². The number of amides is 1. The molecule has 2 aromatic heterocycles. The van der Waals surface area contributed by atoms with Crippen molar-refractivity contribution in [1.82, 2.24) is 19.9 Å². The van der Waals surface area contributed by atoms with E-state index in [0.717, 1.165) is 50.3 Å². The van der Waals surface area contributed by atoms with Crippen LogP contribution in [0.15, 0.2) is 36.9 Å². The Bertz CT molecular complexity index is 800. The van der Waals surface area contributed by atoms with Crippen LogP contribution in [0.2, 0.25) is 0 Å². The van der Waals surface area contributed by atoms with E-state index in [1.165, 1.54) is 0 Å². The lowest BCUT2D eigenvalue weighted by Crippen LogP contribution is -2.54. The summed E-state index contributed by atoms with van der Waals surface area (Å²) < 4.78 is 5.41. The lowest BCUT2D eigenvalue weighted by Gasteiger charge is -2.48. The van der Waals surface area contributed by atoms with Gasteiger partial charge in [-0.3, -0.25) is 9.78 Å². The maximum absolute atomic E-state index is 12.5. The number of piperidine rings is 2. The van der Waals surface area contributed by atoms with Crippen molar-refractivity contribution < 1.29 is 9.53 Å². The number of ether oxygens (including phenoxy) is 1. The predicted molar refractivity (Wildman–Crippen MR) is 101 cm³/mol. The first kappa shape index (κ1) is 17.7. The molecule has 142 valence electrons. The first-order valence-corrected chi connectivity index (χ1v) is 9.46. The quantitative estimate of drug-likeness (QED) is 0.826. The Balaban J connectivity index is 1.52. The van der Waals surface area contributed by atoms with Crippen molar-refractivity contribution >= 4 is 11.7 Å². The molecule has 0 N–H and O–H groups in total. The number of likely N-dealkylation sites (tertiary alicyclic amines) is 1. The average Bonchev–Trinajstić information content (AvgIpc) is 2.72. The Morgan fingerprint density at radius 3 is 2.74 bits per heavy atom. The molecule has 7 nitrogen and oxygen atoms in total. The van der Waals surface area contributed by atoms with Crippen LogP contribution in [0.1, 0.15) is 31.2 Å². The maximum atomic E-state index is 12.5. The average molecular weight is 367 g/mol. The van der Waals surface area contributed by atoms with E-state index in [1.807, 2.05) is 17.0 Å². The van der Waals surface area contributed by atoms with Crippen LogP contribution in [0.25, 0.3) is 0 Å². The third-order valence-corrected chi connectivity index (χ3v) is 5.67. The molecule has 4 heterocycles. The molecular weight excluding hydrogens is 342 g/mol. The highest BCUT2D eigenvalue weighted by Crippen LogP contribution is 2.41. The summed E-state index contributed by atoms with van der Waals surface area (Å²) in [6, 6.07) is 3.96. The zero-order valence-electron chi connectivity index (χ0n) is 15.7. The van der Waals surface area contributed by atoms with E-state index in [4.69, 9.17) is 4.74 Å². The summed E-state index contributed by atoms with van der Waals surface area (Å²) in [7, 11) is 1.63. The molecule has 0 aliphatic carbocycles. The highest BCUT2D eigenvalue weighted by Gasteiger charge is 2.42. The Kier molecular flexibility index (Phi) is 4.92. The third kappa shape index (κ3) is 3.72. The number of methoxy groups -OCH3 is 1. The van der Waals surface area contributed by atoms with Crippen LogP contribution >= 0.6 is 0 Å². The molecule has 2 aromatic rings. The Morgan fingerprint density at radius 1 is 1.11 bits per heavy atom. The lowest BCUT2D eigenvalue weighted by atomic mass is 9.73. The molecular formula is C20H25N5O2. The van der Waals surface area contributed by atoms with E-state index in [1.54, 1.807) is 31.9 Å². The van der Waals surface area contributed by atoms with Gasteiger partial charge in [-0.1, -0.05) is 0 Å². The van der Waals surface area contributed by atoms with Gasteiger partial charge in [0.15, 0.2) is 5.82 Å². The zero-order chi connectivity index (χ0) is 18.7. The van der Waals surface area contributed by atoms with E-state index >= 15 is 0 Å². The van der Waals surface area contributed by atoms with E-state index in [2.05, 4.69) is 19.9 Å². The van der Waals surface area contributed by atoms with Gasteiger partial charge < -0.3 is 14.5 Å². The van der Waals surface area contributed by atoms with E-state index < -0.39 is 0 Å². The number of pyridine rings is 1. The van der Waals surface area contributed by atoms with Crippen molar-refractivity contribution in [1.29, 1.82) is 0 Å². The number of carbonyl (C=O) groups is 1. The maximum Gasteiger partial charge on any atom is 0.257 e. The van der Waals surface area contributed by atoms with Gasteiger partial charge in [-0.25, -0.2) is 9.97 Å². The summed E-state index contributed by atoms with van der Waals surface area (Å²) in [4.78, 5) is 29.7. The number of hydrogen-bond acceptors (Lipinski definition) is 6. The summed E-state index contributed by atoms with van der Waals surface area (Å²) in [5, 5.41) is 0. The van der Waals surface area contributed by atoms with Crippen LogP contribution < -0.4 is 9.64 Å². The molecule has 1 amide bonds. The molecule has 1 atom stereocenters. The molecule has 2 saturated heterocycles. The summed E-state index contributed by atoms with van der Waals surface area (Å²) in [5.74, 6) is 1.61. The fourth-order valence-corrected chi connectivity index (χ4v) is 4.36. The van der Waals surface area contributed by atoms with Crippen LogP contribution in [0.3, 0.4) is 0 Å². The minimum Gasteiger partial charge on any atom is -0.478 e. The number of rotatable bonds is 4. The van der Waals surface area contributed by atoms with Gasteiger partial charge in [0, 0.05) is 62.8 Å². The van der Waals surface area contributed by atoms with Gasteiger partial charge in [0.1, 0.15) is 0 Å². The zero-order valence-corrected chi connectivity index (χ0v) is 15.7. The van der Waals surface area contributed by atoms with Crippen LogP contribution in [0, 0.1) is 5.41 Å². The van der Waals surface area contributed by atoms with Crippen molar-refractivity contribution in [3.05, 3.63) is 42.5 Å². The van der Waals surface area contributed by atoms with E-state index in [0.29, 0.717) is 18.8 Å². The molecule has 27 heavy (non-hydrogen) atoms. The Morgan fingerprint density at radius 2 is 1.93 bits per heavy atom. The van der Waals surface area contributed by atoms with Gasteiger partial charge in [-0.2, -0.15) is 0 Å². The first-order valence-electron chi connectivity index (χ1n) is 9.46. The van der Waals surface area contributed by atoms with Crippen molar-refractivity contribution in [2.75, 3.05) is 31.6 Å². The molecule has 2 fully saturated rings. The van der Waals surface area contributed by atoms with Crippen molar-refractivity contribution in [3.8, 4) is 5.88 Å². The summed E-state index contributed by atoms with van der Waals surface area (Å²) >= 11 is 0. The van der Waals surface area contributed by atoms with E-state index in [9.17, 15) is 4.79 Å². The molecule has 2 aliphatic heterocycles. The SMILES string of the molecule is COc1nccnc1N1CCCC2(CCC(=O)N(Cc3ccncc3)C2)C1. The third-order valence-electron chi connectivity index (χ3n) is 5.67. The molecule has 7 heteroatoms. The smallest absolute Gasteiger partial charge is 0.257 e. The molecule has 2 aliphatic rings. The molecule has 4 rings (SSSR count). The van der Waals surface area contributed by atoms with Crippen LogP contribution in [-0.2, 0) is 11.3 Å². The second-order valence-corrected chi connectivity index (χ2v) is 7.52. The Labute approximate surface area is 159 Å². The summed E-state index contributed by atoms with van der Waals surface area (Å²) in [6.07, 6.45) is 10.7. The van der Waals surface area contributed by atoms with Gasteiger partial charge in [0.25, 0.3) is 5.88 Å². The standard InChI is InChI=1S/C20H25N5O2/c1-27-19-18(22-10-11-23-19)24-12-2-6-20(14-24)7-3-17(26)25(15-20)13-16-4-8-21-9-5-16/h4-5,8-11H,2-3,6-7,12-15H2,1H3. The fraction of sp³-hybridized carbons (Fsp3) is 0.500. The molecule has 0 bridgehead atoms. The summed E-state index contributed by atoms with van der Waals surface area (Å²) in [5.41, 5.74) is 1.22. The number of hydrogen-bond donors (Lipinski definition) is 0. The van der Waals surface area contributed by atoms with Gasteiger partial charge >= 0.3 is 0 Å². The predicted octanol–water partition coefficient (Wildman–Crippen LogP) is 2.29. The molecule has 0 aromatic carbocycles. The van der Waals surface area contributed by atoms with Crippen molar-refractivity contribution in [2.24, 2.45) is 5.41 Å². The normalized spacial score (nSPS) is 22.9. The highest BCUT2D eigenvalue weighted by atomic mass is 16.5. The van der Waals surface area contributed by atoms with Gasteiger partial charge in [0.2, 0.25) is 5.91 Å². The molecule has 1 spiro atoms. The van der Waals surface area contributed by atoms with Gasteiger partial charge in [-0.15, -0.1) is 0 Å². The second kappa shape index (κ2) is 7.50. The first-order chi connectivity index (χ1) is 13.2. The number of nitrogens with zero attached hydrogens (tertiary/aromatic N) is 5. The number of anilines is 1. The van der Waals surface area contributed by atoms with E-state index in [-0.39, 0.29) is 11.3 Å². The topological polar surface area (TPSA) is 71.5 Å². The second-order valence-electron chi connectivity index (χ2n) is 7.52. The fourth-order valence-electron chi connectivity index (χ4n) is 4.36. The highest BCUT2D eigenvalue weighted by molar-refractivity contribution is 5.77. The molecule has 1 unspecified atom stereocenters. The minimum absolute atomic E-state index is 0.0989. The van der Waals surface area contributed by atoms with Crippen LogP contribution in [0.5, 0.6) is 5.88 Å². The molecule has 0 saturated carbocycles. The lowest BCUT2D eigenvalue weighted by molar-refractivity contribution is -0.138. The van der Waals surface area contributed by atoms with Gasteiger partial charge in [0.05, 0.1) is 7.11 Å². The number of carbonyl (C=O) groups excluding carboxylic acids is 1. The molecule has 0 radical (unpaired) electrons. The monoisotopic (exact) mass is 367 g/mol. The summed E-state index contributed by atoms with van der Waals surface area (Å²) in [6.45, 7) is 3.25. The van der Waals surface area contributed by atoms with Crippen LogP contribution in [0.4, 0.5) is 5.82 Å².